The van der Waals surface area contributed by atoms with Crippen LogP contribution >= 0.6 is 0 Å². The SMILES string of the molecule is CC(C)(C)OC(=O)C1(Cc2ccccc2)CC(=O)N1Cc1ccccc1. The lowest BCUT2D eigenvalue weighted by atomic mass is 9.78. The molecule has 3 rings (SSSR count). The molecule has 0 aromatic heterocycles. The van der Waals surface area contributed by atoms with Gasteiger partial charge in [-0.15, -0.1) is 0 Å². The van der Waals surface area contributed by atoms with Crippen LogP contribution < -0.4 is 0 Å². The standard InChI is InChI=1S/C22H25NO3/c1-21(2,3)26-20(25)22(14-17-10-6-4-7-11-17)15-19(24)23(22)16-18-12-8-5-9-13-18/h4-13H,14-16H2,1-3H3. The molecule has 1 amide bonds. The lowest BCUT2D eigenvalue weighted by molar-refractivity contribution is -0.188. The normalized spacial score (nSPS) is 19.8. The zero-order valence-electron chi connectivity index (χ0n) is 15.6. The minimum Gasteiger partial charge on any atom is -0.458 e. The van der Waals surface area contributed by atoms with E-state index < -0.39 is 11.1 Å². The molecular formula is C22H25NO3. The molecule has 0 aliphatic carbocycles. The third-order valence-electron chi connectivity index (χ3n) is 4.56. The highest BCUT2D eigenvalue weighted by Crippen LogP contribution is 2.39. The Balaban J connectivity index is 1.92. The molecule has 4 nitrogen and oxygen atoms in total. The van der Waals surface area contributed by atoms with Crippen molar-refractivity contribution in [3.63, 3.8) is 0 Å². The Kier molecular flexibility index (Phi) is 4.86. The number of benzene rings is 2. The molecule has 0 saturated carbocycles. The maximum absolute atomic E-state index is 13.1. The topological polar surface area (TPSA) is 46.6 Å². The second kappa shape index (κ2) is 6.94. The van der Waals surface area contributed by atoms with Gasteiger partial charge in [0, 0.05) is 13.0 Å². The van der Waals surface area contributed by atoms with Gasteiger partial charge in [0.05, 0.1) is 6.42 Å². The average molecular weight is 351 g/mol. The van der Waals surface area contributed by atoms with E-state index in [1.54, 1.807) is 4.90 Å². The Morgan fingerprint density at radius 1 is 1.00 bits per heavy atom. The van der Waals surface area contributed by atoms with E-state index >= 15 is 0 Å². The first-order valence-electron chi connectivity index (χ1n) is 8.92. The first kappa shape index (κ1) is 18.2. The number of nitrogens with zero attached hydrogens (tertiary/aromatic N) is 1. The Bertz CT molecular complexity index is 780. The van der Waals surface area contributed by atoms with Crippen LogP contribution in [-0.2, 0) is 27.3 Å². The molecule has 1 saturated heterocycles. The van der Waals surface area contributed by atoms with Crippen LogP contribution in [0.15, 0.2) is 60.7 Å². The summed E-state index contributed by atoms with van der Waals surface area (Å²) < 4.78 is 5.70. The summed E-state index contributed by atoms with van der Waals surface area (Å²) in [5.74, 6) is -0.347. The number of carbonyl (C=O) groups excluding carboxylic acids is 2. The van der Waals surface area contributed by atoms with Crippen molar-refractivity contribution in [2.24, 2.45) is 0 Å². The molecule has 1 fully saturated rings. The fourth-order valence-electron chi connectivity index (χ4n) is 3.31. The lowest BCUT2D eigenvalue weighted by Gasteiger charge is -2.50. The van der Waals surface area contributed by atoms with Crippen LogP contribution in [0.25, 0.3) is 0 Å². The average Bonchev–Trinajstić information content (AvgIpc) is 2.59. The Hall–Kier alpha value is -2.62. The summed E-state index contributed by atoms with van der Waals surface area (Å²) in [5, 5.41) is 0. The number of β-lactam (4-membered cyclic amide) rings is 1. The van der Waals surface area contributed by atoms with Crippen LogP contribution in [0, 0.1) is 0 Å². The Labute approximate surface area is 154 Å². The van der Waals surface area contributed by atoms with Gasteiger partial charge >= 0.3 is 5.97 Å². The Morgan fingerprint density at radius 2 is 1.54 bits per heavy atom. The van der Waals surface area contributed by atoms with E-state index in [0.29, 0.717) is 13.0 Å². The van der Waals surface area contributed by atoms with Crippen molar-refractivity contribution in [3.05, 3.63) is 71.8 Å². The van der Waals surface area contributed by atoms with Gasteiger partial charge < -0.3 is 9.64 Å². The molecule has 1 heterocycles. The van der Waals surface area contributed by atoms with Crippen molar-refractivity contribution < 1.29 is 14.3 Å². The van der Waals surface area contributed by atoms with Crippen LogP contribution in [0.3, 0.4) is 0 Å². The van der Waals surface area contributed by atoms with E-state index in [9.17, 15) is 9.59 Å². The number of rotatable bonds is 5. The van der Waals surface area contributed by atoms with Gasteiger partial charge in [-0.3, -0.25) is 4.79 Å². The van der Waals surface area contributed by atoms with E-state index in [0.717, 1.165) is 11.1 Å². The number of hydrogen-bond donors (Lipinski definition) is 0. The van der Waals surface area contributed by atoms with E-state index in [4.69, 9.17) is 4.74 Å². The molecule has 2 aromatic rings. The van der Waals surface area contributed by atoms with Crippen molar-refractivity contribution in [1.29, 1.82) is 0 Å². The van der Waals surface area contributed by atoms with Crippen LogP contribution in [0.5, 0.6) is 0 Å². The highest BCUT2D eigenvalue weighted by molar-refractivity contribution is 5.99. The largest absolute Gasteiger partial charge is 0.458 e. The molecular weight excluding hydrogens is 326 g/mol. The van der Waals surface area contributed by atoms with Crippen LogP contribution in [-0.4, -0.2) is 27.9 Å². The minimum absolute atomic E-state index is 0.0179. The molecule has 26 heavy (non-hydrogen) atoms. The van der Waals surface area contributed by atoms with Gasteiger partial charge in [0.15, 0.2) is 5.54 Å². The molecule has 1 unspecified atom stereocenters. The number of esters is 1. The predicted octanol–water partition coefficient (Wildman–Crippen LogP) is 3.74. The quantitative estimate of drug-likeness (QED) is 0.609. The second-order valence-corrected chi connectivity index (χ2v) is 7.84. The minimum atomic E-state index is -0.943. The maximum atomic E-state index is 13.1. The van der Waals surface area contributed by atoms with Crippen molar-refractivity contribution in [2.75, 3.05) is 0 Å². The van der Waals surface area contributed by atoms with Crippen molar-refractivity contribution >= 4 is 11.9 Å². The monoisotopic (exact) mass is 351 g/mol. The third kappa shape index (κ3) is 3.79. The highest BCUT2D eigenvalue weighted by Gasteiger charge is 2.58. The van der Waals surface area contributed by atoms with Gasteiger partial charge in [-0.1, -0.05) is 60.7 Å². The molecule has 0 bridgehead atoms. The number of likely N-dealkylation sites (tertiary alicyclic amines) is 1. The van der Waals surface area contributed by atoms with Gasteiger partial charge in [-0.05, 0) is 31.9 Å². The summed E-state index contributed by atoms with van der Waals surface area (Å²) in [7, 11) is 0. The predicted molar refractivity (Wildman–Crippen MR) is 100 cm³/mol. The molecule has 1 atom stereocenters. The molecule has 0 N–H and O–H groups in total. The molecule has 1 aliphatic rings. The molecule has 4 heteroatoms. The summed E-state index contributed by atoms with van der Waals surface area (Å²) in [4.78, 5) is 27.2. The van der Waals surface area contributed by atoms with Gasteiger partial charge in [0.1, 0.15) is 5.60 Å². The second-order valence-electron chi connectivity index (χ2n) is 7.84. The Morgan fingerprint density at radius 3 is 2.04 bits per heavy atom. The van der Waals surface area contributed by atoms with Gasteiger partial charge in [0.25, 0.3) is 0 Å². The van der Waals surface area contributed by atoms with Crippen molar-refractivity contribution in [2.45, 2.75) is 51.3 Å². The van der Waals surface area contributed by atoms with Crippen molar-refractivity contribution in [1.82, 2.24) is 4.90 Å². The number of amides is 1. The number of carbonyl (C=O) groups is 2. The summed E-state index contributed by atoms with van der Waals surface area (Å²) in [6.45, 7) is 5.96. The highest BCUT2D eigenvalue weighted by atomic mass is 16.6. The molecule has 2 aromatic carbocycles. The molecule has 136 valence electrons. The smallest absolute Gasteiger partial charge is 0.333 e. The summed E-state index contributed by atoms with van der Waals surface area (Å²) in [5.41, 5.74) is 0.477. The van der Waals surface area contributed by atoms with Crippen molar-refractivity contribution in [3.8, 4) is 0 Å². The van der Waals surface area contributed by atoms with Gasteiger partial charge in [-0.25, -0.2) is 4.79 Å². The first-order chi connectivity index (χ1) is 12.3. The number of ether oxygens (including phenoxy) is 1. The van der Waals surface area contributed by atoms with Crippen LogP contribution in [0.2, 0.25) is 0 Å². The van der Waals surface area contributed by atoms with Crippen LogP contribution in [0.4, 0.5) is 0 Å². The zero-order chi connectivity index (χ0) is 18.8. The lowest BCUT2D eigenvalue weighted by Crippen LogP contribution is -2.69. The van der Waals surface area contributed by atoms with E-state index in [-0.39, 0.29) is 18.3 Å². The third-order valence-corrected chi connectivity index (χ3v) is 4.56. The summed E-state index contributed by atoms with van der Waals surface area (Å²) in [6, 6.07) is 19.5. The van der Waals surface area contributed by atoms with Crippen LogP contribution in [0.1, 0.15) is 38.3 Å². The zero-order valence-corrected chi connectivity index (χ0v) is 15.6. The van der Waals surface area contributed by atoms with E-state index in [2.05, 4.69) is 0 Å². The number of hydrogen-bond acceptors (Lipinski definition) is 3. The maximum Gasteiger partial charge on any atom is 0.333 e. The molecule has 0 spiro atoms. The fraction of sp³-hybridized carbons (Fsp3) is 0.364. The van der Waals surface area contributed by atoms with E-state index in [1.165, 1.54) is 0 Å². The fourth-order valence-corrected chi connectivity index (χ4v) is 3.31. The summed E-state index contributed by atoms with van der Waals surface area (Å²) in [6.07, 6.45) is 0.644. The summed E-state index contributed by atoms with van der Waals surface area (Å²) >= 11 is 0. The van der Waals surface area contributed by atoms with Gasteiger partial charge in [-0.2, -0.15) is 0 Å². The molecule has 1 aliphatic heterocycles. The molecule has 0 radical (unpaired) electrons. The van der Waals surface area contributed by atoms with E-state index in [1.807, 2.05) is 81.4 Å². The first-order valence-corrected chi connectivity index (χ1v) is 8.92. The van der Waals surface area contributed by atoms with Gasteiger partial charge in [0.2, 0.25) is 5.91 Å².